The molecule has 178 valence electrons. The van der Waals surface area contributed by atoms with E-state index >= 15 is 0 Å². The Labute approximate surface area is 196 Å². The number of hydrogen-bond donors (Lipinski definition) is 0. The number of hydrogen-bond acceptors (Lipinski definition) is 5. The van der Waals surface area contributed by atoms with Crippen LogP contribution in [0.1, 0.15) is 54.9 Å². The maximum Gasteiger partial charge on any atom is 0.254 e. The summed E-state index contributed by atoms with van der Waals surface area (Å²) in [5.74, 6) is 1.13. The fourth-order valence-electron chi connectivity index (χ4n) is 4.57. The van der Waals surface area contributed by atoms with Crippen molar-refractivity contribution in [1.82, 2.24) is 9.21 Å². The lowest BCUT2D eigenvalue weighted by Gasteiger charge is -2.30. The van der Waals surface area contributed by atoms with Gasteiger partial charge in [-0.25, -0.2) is 8.42 Å². The predicted octanol–water partition coefficient (Wildman–Crippen LogP) is 4.07. The average Bonchev–Trinajstić information content (AvgIpc) is 2.87. The van der Waals surface area contributed by atoms with E-state index in [1.54, 1.807) is 30.1 Å². The second kappa shape index (κ2) is 10.1. The van der Waals surface area contributed by atoms with Crippen LogP contribution in [0.5, 0.6) is 11.5 Å². The van der Waals surface area contributed by atoms with Gasteiger partial charge >= 0.3 is 0 Å². The Morgan fingerprint density at radius 3 is 2.52 bits per heavy atom. The highest BCUT2D eigenvalue weighted by molar-refractivity contribution is 7.89. The van der Waals surface area contributed by atoms with Crippen molar-refractivity contribution >= 4 is 15.9 Å². The summed E-state index contributed by atoms with van der Waals surface area (Å²) < 4.78 is 39.5. The minimum atomic E-state index is -3.67. The van der Waals surface area contributed by atoms with Gasteiger partial charge in [0.2, 0.25) is 10.0 Å². The number of carbonyl (C=O) groups is 1. The van der Waals surface area contributed by atoms with Crippen LogP contribution >= 0.6 is 0 Å². The van der Waals surface area contributed by atoms with Gasteiger partial charge in [0, 0.05) is 37.3 Å². The number of benzene rings is 2. The molecular weight excluding hydrogens is 440 g/mol. The molecule has 0 N–H and O–H groups in total. The first kappa shape index (κ1) is 23.6. The minimum Gasteiger partial charge on any atom is -0.486 e. The summed E-state index contributed by atoms with van der Waals surface area (Å²) in [4.78, 5) is 15.2. The topological polar surface area (TPSA) is 76.1 Å². The number of para-hydroxylation sites is 1. The van der Waals surface area contributed by atoms with Crippen molar-refractivity contribution in [2.75, 3.05) is 26.8 Å². The number of rotatable bonds is 7. The molecule has 1 heterocycles. The Kier molecular flexibility index (Phi) is 7.24. The quantitative estimate of drug-likeness (QED) is 0.607. The summed E-state index contributed by atoms with van der Waals surface area (Å²) in [7, 11) is -2.02. The van der Waals surface area contributed by atoms with Gasteiger partial charge in [0.05, 0.1) is 4.90 Å². The highest BCUT2D eigenvalue weighted by Crippen LogP contribution is 2.34. The van der Waals surface area contributed by atoms with E-state index in [4.69, 9.17) is 9.47 Å². The molecule has 0 aromatic heterocycles. The first-order valence-corrected chi connectivity index (χ1v) is 13.1. The van der Waals surface area contributed by atoms with Crippen molar-refractivity contribution in [3.63, 3.8) is 0 Å². The van der Waals surface area contributed by atoms with Gasteiger partial charge in [-0.1, -0.05) is 37.5 Å². The van der Waals surface area contributed by atoms with E-state index in [9.17, 15) is 13.2 Å². The van der Waals surface area contributed by atoms with Crippen LogP contribution in [0.15, 0.2) is 47.4 Å². The molecule has 0 spiro atoms. The molecule has 0 unspecified atom stereocenters. The standard InChI is InChI=1S/C25H32N2O5S/c1-3-27(18-20-10-8-14-23-24(20)32-16-15-31-23)25(28)19-9-7-13-22(17-19)33(29,30)26(2)21-11-5-4-6-12-21/h7-10,13-14,17,21H,3-6,11-12,15-16,18H2,1-2H3. The first-order valence-electron chi connectivity index (χ1n) is 11.7. The summed E-state index contributed by atoms with van der Waals surface area (Å²) in [6.45, 7) is 3.70. The van der Waals surface area contributed by atoms with Crippen LogP contribution in [-0.2, 0) is 16.6 Å². The number of sulfonamides is 1. The Balaban J connectivity index is 1.55. The van der Waals surface area contributed by atoms with Crippen molar-refractivity contribution in [2.24, 2.45) is 0 Å². The molecule has 4 rings (SSSR count). The summed E-state index contributed by atoms with van der Waals surface area (Å²) in [5, 5.41) is 0. The monoisotopic (exact) mass is 472 g/mol. The summed E-state index contributed by atoms with van der Waals surface area (Å²) >= 11 is 0. The van der Waals surface area contributed by atoms with Gasteiger partial charge in [0.25, 0.3) is 5.91 Å². The highest BCUT2D eigenvalue weighted by Gasteiger charge is 2.30. The van der Waals surface area contributed by atoms with Crippen LogP contribution in [0.3, 0.4) is 0 Å². The molecule has 1 saturated carbocycles. The molecule has 0 atom stereocenters. The van der Waals surface area contributed by atoms with Gasteiger partial charge in [0.1, 0.15) is 13.2 Å². The van der Waals surface area contributed by atoms with Crippen LogP contribution < -0.4 is 9.47 Å². The maximum atomic E-state index is 13.3. The Bertz CT molecular complexity index is 1100. The van der Waals surface area contributed by atoms with Crippen molar-refractivity contribution in [3.05, 3.63) is 53.6 Å². The van der Waals surface area contributed by atoms with Gasteiger partial charge in [-0.05, 0) is 44.0 Å². The fourth-order valence-corrected chi connectivity index (χ4v) is 6.03. The number of carbonyl (C=O) groups excluding carboxylic acids is 1. The van der Waals surface area contributed by atoms with Crippen molar-refractivity contribution < 1.29 is 22.7 Å². The Morgan fingerprint density at radius 1 is 1.03 bits per heavy atom. The van der Waals surface area contributed by atoms with E-state index in [-0.39, 0.29) is 16.8 Å². The van der Waals surface area contributed by atoms with E-state index in [1.165, 1.54) is 10.4 Å². The number of nitrogens with zero attached hydrogens (tertiary/aromatic N) is 2. The summed E-state index contributed by atoms with van der Waals surface area (Å²) in [6.07, 6.45) is 5.01. The van der Waals surface area contributed by atoms with Crippen molar-refractivity contribution in [1.29, 1.82) is 0 Å². The fraction of sp³-hybridized carbons (Fsp3) is 0.480. The number of fused-ring (bicyclic) bond motifs is 1. The van der Waals surface area contributed by atoms with E-state index in [1.807, 2.05) is 25.1 Å². The van der Waals surface area contributed by atoms with Gasteiger partial charge in [-0.15, -0.1) is 0 Å². The molecule has 1 fully saturated rings. The molecule has 0 bridgehead atoms. The lowest BCUT2D eigenvalue weighted by atomic mass is 9.96. The Hall–Kier alpha value is -2.58. The molecule has 1 amide bonds. The maximum absolute atomic E-state index is 13.3. The van der Waals surface area contributed by atoms with E-state index in [0.717, 1.165) is 37.7 Å². The molecule has 1 aliphatic heterocycles. The second-order valence-corrected chi connectivity index (χ2v) is 10.6. The predicted molar refractivity (Wildman–Crippen MR) is 126 cm³/mol. The molecule has 0 radical (unpaired) electrons. The van der Waals surface area contributed by atoms with E-state index in [0.29, 0.717) is 43.4 Å². The first-order chi connectivity index (χ1) is 15.9. The SMILES string of the molecule is CCN(Cc1cccc2c1OCCO2)C(=O)c1cccc(S(=O)(=O)N(C)C2CCCCC2)c1. The zero-order valence-electron chi connectivity index (χ0n) is 19.3. The van der Waals surface area contributed by atoms with Crippen LogP contribution in [0.2, 0.25) is 0 Å². The van der Waals surface area contributed by atoms with Crippen LogP contribution in [0.25, 0.3) is 0 Å². The second-order valence-electron chi connectivity index (χ2n) is 8.60. The van der Waals surface area contributed by atoms with E-state index in [2.05, 4.69) is 0 Å². The van der Waals surface area contributed by atoms with Gasteiger partial charge in [0.15, 0.2) is 11.5 Å². The number of ether oxygens (including phenoxy) is 2. The smallest absolute Gasteiger partial charge is 0.254 e. The third-order valence-corrected chi connectivity index (χ3v) is 8.43. The van der Waals surface area contributed by atoms with Gasteiger partial charge < -0.3 is 14.4 Å². The largest absolute Gasteiger partial charge is 0.486 e. The number of amides is 1. The van der Waals surface area contributed by atoms with Crippen LogP contribution in [0.4, 0.5) is 0 Å². The molecule has 2 aromatic rings. The molecule has 1 aliphatic carbocycles. The summed E-state index contributed by atoms with van der Waals surface area (Å²) in [6, 6.07) is 12.1. The molecule has 7 nitrogen and oxygen atoms in total. The lowest BCUT2D eigenvalue weighted by Crippen LogP contribution is -2.38. The third-order valence-electron chi connectivity index (χ3n) is 6.52. The zero-order valence-corrected chi connectivity index (χ0v) is 20.1. The van der Waals surface area contributed by atoms with Crippen LogP contribution in [0, 0.1) is 0 Å². The Morgan fingerprint density at radius 2 is 1.76 bits per heavy atom. The molecule has 8 heteroatoms. The van der Waals surface area contributed by atoms with E-state index < -0.39 is 10.0 Å². The normalized spacial score (nSPS) is 16.6. The van der Waals surface area contributed by atoms with Gasteiger partial charge in [-0.3, -0.25) is 4.79 Å². The molecular formula is C25H32N2O5S. The zero-order chi connectivity index (χ0) is 23.4. The highest BCUT2D eigenvalue weighted by atomic mass is 32.2. The molecule has 33 heavy (non-hydrogen) atoms. The lowest BCUT2D eigenvalue weighted by molar-refractivity contribution is 0.0749. The van der Waals surface area contributed by atoms with Crippen molar-refractivity contribution in [2.45, 2.75) is 56.5 Å². The van der Waals surface area contributed by atoms with Gasteiger partial charge in [-0.2, -0.15) is 4.31 Å². The minimum absolute atomic E-state index is 0.0155. The molecule has 2 aliphatic rings. The van der Waals surface area contributed by atoms with Crippen molar-refractivity contribution in [3.8, 4) is 11.5 Å². The molecule has 2 aromatic carbocycles. The van der Waals surface area contributed by atoms with Crippen LogP contribution in [-0.4, -0.2) is 56.4 Å². The average molecular weight is 473 g/mol. The molecule has 0 saturated heterocycles. The third kappa shape index (κ3) is 5.01. The summed E-state index contributed by atoms with van der Waals surface area (Å²) in [5.41, 5.74) is 1.22.